The number of imidazole rings is 1. The molecular weight excluding hydrogens is 380 g/mol. The molecule has 1 atom stereocenters. The molecule has 1 N–H and O–H groups in total. The van der Waals surface area contributed by atoms with E-state index in [0.29, 0.717) is 5.52 Å². The van der Waals surface area contributed by atoms with Crippen molar-refractivity contribution < 1.29 is 18.3 Å². The van der Waals surface area contributed by atoms with E-state index >= 15 is 0 Å². The molecule has 0 aliphatic rings. The van der Waals surface area contributed by atoms with Gasteiger partial charge in [-0.05, 0) is 39.8 Å². The molecule has 7 nitrogen and oxygen atoms in total. The number of carbonyl (C=O) groups is 1. The van der Waals surface area contributed by atoms with Gasteiger partial charge < -0.3 is 10.1 Å². The van der Waals surface area contributed by atoms with Gasteiger partial charge >= 0.3 is 6.09 Å². The van der Waals surface area contributed by atoms with E-state index in [1.807, 2.05) is 6.07 Å². The summed E-state index contributed by atoms with van der Waals surface area (Å²) in [7, 11) is 0. The number of nitrogens with zero attached hydrogens (tertiary/aromatic N) is 4. The number of nitriles is 1. The number of halogens is 2. The smallest absolute Gasteiger partial charge is 0.408 e. The number of aromatic nitrogens is 3. The van der Waals surface area contributed by atoms with Gasteiger partial charge in [0.2, 0.25) is 0 Å². The Morgan fingerprint density at radius 3 is 2.66 bits per heavy atom. The molecule has 29 heavy (non-hydrogen) atoms. The maximum atomic E-state index is 14.3. The molecular formula is C20H19F2N5O2. The Bertz CT molecular complexity index is 1130. The molecule has 0 radical (unpaired) electrons. The van der Waals surface area contributed by atoms with Crippen LogP contribution in [0.1, 0.15) is 45.1 Å². The van der Waals surface area contributed by atoms with Crippen LogP contribution in [0, 0.1) is 23.0 Å². The highest BCUT2D eigenvalue weighted by molar-refractivity contribution is 5.84. The third-order valence-corrected chi connectivity index (χ3v) is 3.97. The van der Waals surface area contributed by atoms with Gasteiger partial charge in [0.25, 0.3) is 0 Å². The van der Waals surface area contributed by atoms with E-state index in [1.165, 1.54) is 22.9 Å². The molecule has 1 amide bonds. The van der Waals surface area contributed by atoms with Crippen molar-refractivity contribution in [1.82, 2.24) is 19.9 Å². The van der Waals surface area contributed by atoms with Crippen LogP contribution in [0.4, 0.5) is 13.6 Å². The highest BCUT2D eigenvalue weighted by atomic mass is 19.1. The summed E-state index contributed by atoms with van der Waals surface area (Å²) in [5.41, 5.74) is -0.224. The van der Waals surface area contributed by atoms with Crippen LogP contribution in [0.5, 0.6) is 0 Å². The van der Waals surface area contributed by atoms with Crippen molar-refractivity contribution >= 4 is 17.1 Å². The SMILES string of the molecule is C[C@H](NC(=O)OC(C)(C)C)c1nc2ccc(F)c(C#N)c2n1-c1cncc(F)c1. The first kappa shape index (κ1) is 20.2. The van der Waals surface area contributed by atoms with Gasteiger partial charge in [0.05, 0.1) is 35.2 Å². The molecule has 0 saturated carbocycles. The Kier molecular flexibility index (Phi) is 5.20. The van der Waals surface area contributed by atoms with Crippen LogP contribution in [0.15, 0.2) is 30.6 Å². The minimum Gasteiger partial charge on any atom is -0.444 e. The number of carbonyl (C=O) groups excluding carboxylic acids is 1. The van der Waals surface area contributed by atoms with Crippen LogP contribution in [-0.2, 0) is 4.74 Å². The monoisotopic (exact) mass is 399 g/mol. The van der Waals surface area contributed by atoms with E-state index < -0.39 is 29.4 Å². The Balaban J connectivity index is 2.18. The summed E-state index contributed by atoms with van der Waals surface area (Å²) in [4.78, 5) is 20.4. The van der Waals surface area contributed by atoms with Crippen LogP contribution < -0.4 is 5.32 Å². The molecule has 2 aromatic heterocycles. The Morgan fingerprint density at radius 2 is 2.03 bits per heavy atom. The molecule has 3 rings (SSSR count). The van der Waals surface area contributed by atoms with Gasteiger partial charge in [-0.25, -0.2) is 18.6 Å². The van der Waals surface area contributed by atoms with Gasteiger partial charge in [0.1, 0.15) is 34.7 Å². The number of hydrogen-bond donors (Lipinski definition) is 1. The Labute approximate surface area is 165 Å². The minimum absolute atomic E-state index is 0.160. The van der Waals surface area contributed by atoms with E-state index in [2.05, 4.69) is 15.3 Å². The molecule has 2 heterocycles. The van der Waals surface area contributed by atoms with Crippen molar-refractivity contribution in [1.29, 1.82) is 5.26 Å². The van der Waals surface area contributed by atoms with Crippen molar-refractivity contribution in [2.24, 2.45) is 0 Å². The number of ether oxygens (including phenoxy) is 1. The average molecular weight is 399 g/mol. The third-order valence-electron chi connectivity index (χ3n) is 3.97. The first-order valence-electron chi connectivity index (χ1n) is 8.82. The Morgan fingerprint density at radius 1 is 1.31 bits per heavy atom. The topological polar surface area (TPSA) is 92.8 Å². The Hall–Kier alpha value is -3.54. The van der Waals surface area contributed by atoms with Gasteiger partial charge in [-0.3, -0.25) is 9.55 Å². The van der Waals surface area contributed by atoms with E-state index in [0.717, 1.165) is 12.3 Å². The fourth-order valence-electron chi connectivity index (χ4n) is 2.89. The van der Waals surface area contributed by atoms with E-state index in [4.69, 9.17) is 4.74 Å². The van der Waals surface area contributed by atoms with Gasteiger partial charge in [-0.1, -0.05) is 0 Å². The number of nitrogens with one attached hydrogen (secondary N) is 1. The molecule has 1 aromatic carbocycles. The second kappa shape index (κ2) is 7.47. The molecule has 9 heteroatoms. The second-order valence-electron chi connectivity index (χ2n) is 7.44. The molecule has 0 unspecified atom stereocenters. The van der Waals surface area contributed by atoms with Crippen molar-refractivity contribution in [3.63, 3.8) is 0 Å². The second-order valence-corrected chi connectivity index (χ2v) is 7.44. The minimum atomic E-state index is -0.732. The molecule has 0 aliphatic carbocycles. The van der Waals surface area contributed by atoms with E-state index in [-0.39, 0.29) is 22.6 Å². The molecule has 150 valence electrons. The molecule has 0 spiro atoms. The first-order chi connectivity index (χ1) is 13.6. The number of rotatable bonds is 3. The van der Waals surface area contributed by atoms with Gasteiger partial charge in [-0.15, -0.1) is 0 Å². The predicted molar refractivity (Wildman–Crippen MR) is 101 cm³/mol. The summed E-state index contributed by atoms with van der Waals surface area (Å²) in [5, 5.41) is 12.1. The zero-order valence-electron chi connectivity index (χ0n) is 16.3. The fraction of sp³-hybridized carbons (Fsp3) is 0.300. The van der Waals surface area contributed by atoms with E-state index in [1.54, 1.807) is 27.7 Å². The predicted octanol–water partition coefficient (Wildman–Crippen LogP) is 4.16. The average Bonchev–Trinajstić information content (AvgIpc) is 2.99. The maximum absolute atomic E-state index is 14.3. The number of alkyl carbamates (subject to hydrolysis) is 1. The van der Waals surface area contributed by atoms with Gasteiger partial charge in [0.15, 0.2) is 0 Å². The molecule has 3 aromatic rings. The standard InChI is InChI=1S/C20H19F2N5O2/c1-11(25-19(28)29-20(2,3)4)18-26-16-6-5-15(22)14(8-23)17(16)27(18)13-7-12(21)9-24-10-13/h5-7,9-11H,1-4H3,(H,25,28)/t11-/m0/s1. The zero-order valence-corrected chi connectivity index (χ0v) is 16.3. The van der Waals surface area contributed by atoms with Gasteiger partial charge in [0, 0.05) is 6.07 Å². The lowest BCUT2D eigenvalue weighted by molar-refractivity contribution is 0.0505. The number of fused-ring (bicyclic) bond motifs is 1. The van der Waals surface area contributed by atoms with Crippen molar-refractivity contribution in [3.8, 4) is 11.8 Å². The quantitative estimate of drug-likeness (QED) is 0.714. The number of pyridine rings is 1. The maximum Gasteiger partial charge on any atom is 0.408 e. The van der Waals surface area contributed by atoms with Crippen LogP contribution in [-0.4, -0.2) is 26.2 Å². The lowest BCUT2D eigenvalue weighted by Gasteiger charge is -2.22. The number of hydrogen-bond acceptors (Lipinski definition) is 5. The van der Waals surface area contributed by atoms with Crippen molar-refractivity contribution in [2.75, 3.05) is 0 Å². The lowest BCUT2D eigenvalue weighted by atomic mass is 10.2. The largest absolute Gasteiger partial charge is 0.444 e. The summed E-state index contributed by atoms with van der Waals surface area (Å²) < 4.78 is 34.8. The molecule has 0 saturated heterocycles. The third kappa shape index (κ3) is 4.16. The van der Waals surface area contributed by atoms with E-state index in [9.17, 15) is 18.8 Å². The molecule has 0 bridgehead atoms. The fourth-order valence-corrected chi connectivity index (χ4v) is 2.89. The summed E-state index contributed by atoms with van der Waals surface area (Å²) in [5.74, 6) is -1.08. The lowest BCUT2D eigenvalue weighted by Crippen LogP contribution is -2.34. The zero-order chi connectivity index (χ0) is 21.3. The molecule has 0 fully saturated rings. The highest BCUT2D eigenvalue weighted by Crippen LogP contribution is 2.29. The summed E-state index contributed by atoms with van der Waals surface area (Å²) in [6.45, 7) is 6.84. The van der Waals surface area contributed by atoms with Gasteiger partial charge in [-0.2, -0.15) is 5.26 Å². The van der Waals surface area contributed by atoms with Crippen LogP contribution in [0.2, 0.25) is 0 Å². The van der Waals surface area contributed by atoms with Crippen LogP contribution >= 0.6 is 0 Å². The summed E-state index contributed by atoms with van der Waals surface area (Å²) in [6.07, 6.45) is 1.71. The first-order valence-corrected chi connectivity index (χ1v) is 8.82. The molecule has 0 aliphatic heterocycles. The van der Waals surface area contributed by atoms with Crippen LogP contribution in [0.25, 0.3) is 16.7 Å². The summed E-state index contributed by atoms with van der Waals surface area (Å²) >= 11 is 0. The van der Waals surface area contributed by atoms with Crippen molar-refractivity contribution in [3.05, 3.63) is 53.6 Å². The van der Waals surface area contributed by atoms with Crippen LogP contribution in [0.3, 0.4) is 0 Å². The van der Waals surface area contributed by atoms with Crippen molar-refractivity contribution in [2.45, 2.75) is 39.3 Å². The number of amides is 1. The summed E-state index contributed by atoms with van der Waals surface area (Å²) in [6, 6.07) is 4.86. The highest BCUT2D eigenvalue weighted by Gasteiger charge is 2.25. The number of benzene rings is 1. The normalized spacial score (nSPS) is 12.4.